The van der Waals surface area contributed by atoms with E-state index in [4.69, 9.17) is 25.8 Å². The molecule has 0 saturated carbocycles. The highest BCUT2D eigenvalue weighted by molar-refractivity contribution is 7.07. The number of esters is 1. The van der Waals surface area contributed by atoms with Gasteiger partial charge in [-0.1, -0.05) is 53.3 Å². The first-order chi connectivity index (χ1) is 20.3. The van der Waals surface area contributed by atoms with E-state index < -0.39 is 12.0 Å². The second kappa shape index (κ2) is 12.8. The molecule has 0 bridgehead atoms. The minimum absolute atomic E-state index is 0.194. The van der Waals surface area contributed by atoms with E-state index in [1.807, 2.05) is 13.0 Å². The maximum absolute atomic E-state index is 13.9. The maximum Gasteiger partial charge on any atom is 0.338 e. The first-order valence-corrected chi connectivity index (χ1v) is 14.6. The number of benzene rings is 3. The number of ether oxygens (including phenoxy) is 3. The lowest BCUT2D eigenvalue weighted by Gasteiger charge is -2.24. The second-order valence-electron chi connectivity index (χ2n) is 9.41. The van der Waals surface area contributed by atoms with Crippen LogP contribution in [-0.4, -0.2) is 23.8 Å². The number of carbonyl (C=O) groups is 1. The topological polar surface area (TPSA) is 79.1 Å². The van der Waals surface area contributed by atoms with E-state index >= 15 is 0 Å². The quantitative estimate of drug-likeness (QED) is 0.233. The highest BCUT2D eigenvalue weighted by atomic mass is 35.5. The van der Waals surface area contributed by atoms with E-state index in [1.54, 1.807) is 68.5 Å². The summed E-state index contributed by atoms with van der Waals surface area (Å²) in [6.45, 7) is 6.19. The SMILES string of the molecule is CCOC(=O)C1=C(C)N=c2s/c(=C\c3ccc(OCc4ccc(F)cc4)c(OCC)c3)c(=O)n2[C@H]1c1ccc(Cl)cc1. The van der Waals surface area contributed by atoms with E-state index in [9.17, 15) is 14.0 Å². The first kappa shape index (κ1) is 29.3. The molecule has 1 aliphatic heterocycles. The number of hydrogen-bond donors (Lipinski definition) is 0. The Morgan fingerprint density at radius 2 is 1.76 bits per heavy atom. The van der Waals surface area contributed by atoms with E-state index in [0.29, 0.717) is 49.3 Å². The Balaban J connectivity index is 1.54. The standard InChI is InChI=1S/C32H28ClFN2O5S/c1-4-39-26-16-21(8-15-25(26)41-18-20-6-13-24(34)14-7-20)17-27-30(37)36-29(22-9-11-23(33)12-10-22)28(31(38)40-5-2)19(3)35-32(36)42-27/h6-17,29H,4-5,18H2,1-3H3/b27-17-/t29-/m0/s1. The summed E-state index contributed by atoms with van der Waals surface area (Å²) in [7, 11) is 0. The predicted octanol–water partition coefficient (Wildman–Crippen LogP) is 5.57. The molecule has 1 aromatic heterocycles. The number of aromatic nitrogens is 1. The van der Waals surface area contributed by atoms with Crippen molar-refractivity contribution in [3.8, 4) is 11.5 Å². The van der Waals surface area contributed by atoms with E-state index in [2.05, 4.69) is 4.99 Å². The monoisotopic (exact) mass is 606 g/mol. The molecule has 0 spiro atoms. The van der Waals surface area contributed by atoms with Crippen molar-refractivity contribution >= 4 is 35.0 Å². The van der Waals surface area contributed by atoms with Crippen LogP contribution in [0.1, 0.15) is 43.5 Å². The molecule has 1 atom stereocenters. The van der Waals surface area contributed by atoms with Gasteiger partial charge in [-0.2, -0.15) is 0 Å². The smallest absolute Gasteiger partial charge is 0.338 e. The second-order valence-corrected chi connectivity index (χ2v) is 10.9. The lowest BCUT2D eigenvalue weighted by molar-refractivity contribution is -0.139. The van der Waals surface area contributed by atoms with Gasteiger partial charge in [0.2, 0.25) is 0 Å². The minimum atomic E-state index is -0.721. The molecule has 0 amide bonds. The fraction of sp³-hybridized carbons (Fsp3) is 0.219. The summed E-state index contributed by atoms with van der Waals surface area (Å²) >= 11 is 7.36. The third kappa shape index (κ3) is 6.17. The molecule has 0 saturated heterocycles. The number of allylic oxidation sites excluding steroid dienone is 1. The Morgan fingerprint density at radius 3 is 2.45 bits per heavy atom. The van der Waals surface area contributed by atoms with Gasteiger partial charge in [-0.3, -0.25) is 9.36 Å². The lowest BCUT2D eigenvalue weighted by atomic mass is 9.96. The molecular weight excluding hydrogens is 579 g/mol. The van der Waals surface area contributed by atoms with Crippen LogP contribution in [0.4, 0.5) is 4.39 Å². The van der Waals surface area contributed by atoms with Crippen molar-refractivity contribution < 1.29 is 23.4 Å². The van der Waals surface area contributed by atoms with Crippen LogP contribution in [-0.2, 0) is 16.1 Å². The summed E-state index contributed by atoms with van der Waals surface area (Å²) in [5, 5.41) is 0.541. The van der Waals surface area contributed by atoms with Crippen molar-refractivity contribution in [2.24, 2.45) is 4.99 Å². The zero-order valence-corrected chi connectivity index (χ0v) is 24.8. The number of nitrogens with zero attached hydrogens (tertiary/aromatic N) is 2. The van der Waals surface area contributed by atoms with E-state index in [0.717, 1.165) is 11.1 Å². The summed E-state index contributed by atoms with van der Waals surface area (Å²) in [6, 6.07) is 17.8. The van der Waals surface area contributed by atoms with Crippen LogP contribution in [0.2, 0.25) is 5.02 Å². The third-order valence-electron chi connectivity index (χ3n) is 6.58. The predicted molar refractivity (Wildman–Crippen MR) is 160 cm³/mol. The van der Waals surface area contributed by atoms with Crippen molar-refractivity contribution in [1.29, 1.82) is 0 Å². The van der Waals surface area contributed by atoms with Gasteiger partial charge in [0, 0.05) is 5.02 Å². The number of fused-ring (bicyclic) bond motifs is 1. The van der Waals surface area contributed by atoms with Crippen LogP contribution in [0.25, 0.3) is 6.08 Å². The molecule has 0 aliphatic carbocycles. The van der Waals surface area contributed by atoms with Crippen LogP contribution in [0.3, 0.4) is 0 Å². The van der Waals surface area contributed by atoms with Crippen LogP contribution < -0.4 is 24.4 Å². The molecule has 216 valence electrons. The third-order valence-corrected chi connectivity index (χ3v) is 7.81. The Kier molecular flexibility index (Phi) is 8.89. The number of rotatable bonds is 9. The van der Waals surface area contributed by atoms with Crippen molar-refractivity contribution in [2.45, 2.75) is 33.4 Å². The van der Waals surface area contributed by atoms with Gasteiger partial charge in [0.1, 0.15) is 12.4 Å². The summed E-state index contributed by atoms with van der Waals surface area (Å²) in [6.07, 6.45) is 1.76. The number of carbonyl (C=O) groups excluding carboxylic acids is 1. The molecule has 3 aromatic carbocycles. The van der Waals surface area contributed by atoms with E-state index in [1.165, 1.54) is 28.0 Å². The van der Waals surface area contributed by atoms with Gasteiger partial charge in [-0.15, -0.1) is 0 Å². The molecule has 0 N–H and O–H groups in total. The van der Waals surface area contributed by atoms with Crippen LogP contribution in [0, 0.1) is 5.82 Å². The van der Waals surface area contributed by atoms with Gasteiger partial charge in [0.05, 0.1) is 35.1 Å². The minimum Gasteiger partial charge on any atom is -0.490 e. The molecule has 0 unspecified atom stereocenters. The van der Waals surface area contributed by atoms with Crippen molar-refractivity contribution in [1.82, 2.24) is 4.57 Å². The Bertz CT molecular complexity index is 1830. The Morgan fingerprint density at radius 1 is 1.02 bits per heavy atom. The van der Waals surface area contributed by atoms with Gasteiger partial charge in [0.25, 0.3) is 5.56 Å². The van der Waals surface area contributed by atoms with Gasteiger partial charge in [-0.25, -0.2) is 14.2 Å². The zero-order chi connectivity index (χ0) is 29.8. The average molecular weight is 607 g/mol. The largest absolute Gasteiger partial charge is 0.490 e. The molecular formula is C32H28ClFN2O5S. The molecule has 0 fully saturated rings. The summed E-state index contributed by atoms with van der Waals surface area (Å²) in [5.41, 5.74) is 2.76. The zero-order valence-electron chi connectivity index (χ0n) is 23.2. The number of halogens is 2. The van der Waals surface area contributed by atoms with Crippen LogP contribution in [0.5, 0.6) is 11.5 Å². The summed E-state index contributed by atoms with van der Waals surface area (Å²) in [4.78, 5) is 32.0. The Labute approximate surface area is 250 Å². The van der Waals surface area contributed by atoms with Gasteiger partial charge < -0.3 is 14.2 Å². The normalized spacial score (nSPS) is 14.8. The van der Waals surface area contributed by atoms with Crippen LogP contribution in [0.15, 0.2) is 87.8 Å². The molecule has 10 heteroatoms. The summed E-state index contributed by atoms with van der Waals surface area (Å²) in [5.74, 6) is 0.207. The molecule has 5 rings (SSSR count). The van der Waals surface area contributed by atoms with Crippen molar-refractivity contribution in [3.63, 3.8) is 0 Å². The molecule has 42 heavy (non-hydrogen) atoms. The fourth-order valence-corrected chi connectivity index (χ4v) is 5.82. The summed E-state index contributed by atoms with van der Waals surface area (Å²) < 4.78 is 32.3. The molecule has 1 aliphatic rings. The highest BCUT2D eigenvalue weighted by Gasteiger charge is 2.33. The molecule has 0 radical (unpaired) electrons. The van der Waals surface area contributed by atoms with Crippen molar-refractivity contribution in [3.05, 3.63) is 125 Å². The van der Waals surface area contributed by atoms with Crippen LogP contribution >= 0.6 is 22.9 Å². The van der Waals surface area contributed by atoms with Gasteiger partial charge >= 0.3 is 5.97 Å². The number of hydrogen-bond acceptors (Lipinski definition) is 7. The fourth-order valence-electron chi connectivity index (χ4n) is 4.65. The average Bonchev–Trinajstić information content (AvgIpc) is 3.27. The van der Waals surface area contributed by atoms with Gasteiger partial charge in [-0.05, 0) is 79.9 Å². The van der Waals surface area contributed by atoms with Crippen molar-refractivity contribution in [2.75, 3.05) is 13.2 Å². The first-order valence-electron chi connectivity index (χ1n) is 13.4. The molecule has 4 aromatic rings. The number of thiazole rings is 1. The molecule has 7 nitrogen and oxygen atoms in total. The van der Waals surface area contributed by atoms with Gasteiger partial charge in [0.15, 0.2) is 16.3 Å². The maximum atomic E-state index is 13.9. The molecule has 2 heterocycles. The Hall–Kier alpha value is -4.21. The lowest BCUT2D eigenvalue weighted by Crippen LogP contribution is -2.39. The highest BCUT2D eigenvalue weighted by Crippen LogP contribution is 2.32. The van der Waals surface area contributed by atoms with E-state index in [-0.39, 0.29) is 24.6 Å².